The second-order valence-corrected chi connectivity index (χ2v) is 23.2. The van der Waals surface area contributed by atoms with Crippen molar-refractivity contribution in [3.8, 4) is 0 Å². The van der Waals surface area contributed by atoms with Gasteiger partial charge in [0.2, 0.25) is 5.91 Å². The maximum Gasteiger partial charge on any atom is 0.305 e. The highest BCUT2D eigenvalue weighted by molar-refractivity contribution is 5.76. The Kier molecular flexibility index (Phi) is 61.9. The third kappa shape index (κ3) is 59.7. The molecule has 6 nitrogen and oxygen atoms in total. The van der Waals surface area contributed by atoms with E-state index in [9.17, 15) is 19.8 Å². The number of hydrogen-bond donors (Lipinski definition) is 3. The van der Waals surface area contributed by atoms with E-state index in [-0.39, 0.29) is 18.5 Å². The Labute approximate surface area is 457 Å². The molecule has 0 spiro atoms. The molecule has 73 heavy (non-hydrogen) atoms. The van der Waals surface area contributed by atoms with E-state index in [0.29, 0.717) is 25.9 Å². The first kappa shape index (κ1) is 71.6. The zero-order chi connectivity index (χ0) is 52.9. The van der Waals surface area contributed by atoms with Gasteiger partial charge in [0.05, 0.1) is 25.4 Å². The Morgan fingerprint density at radius 2 is 0.644 bits per heavy atom. The molecule has 1 amide bonds. The number of carbonyl (C=O) groups is 2. The largest absolute Gasteiger partial charge is 0.466 e. The van der Waals surface area contributed by atoms with Crippen LogP contribution in [0.3, 0.4) is 0 Å². The maximum atomic E-state index is 12.5. The van der Waals surface area contributed by atoms with Gasteiger partial charge in [0, 0.05) is 12.8 Å². The molecule has 0 saturated carbocycles. The normalized spacial score (nSPS) is 12.5. The molecule has 3 N–H and O–H groups in total. The minimum Gasteiger partial charge on any atom is -0.466 e. The lowest BCUT2D eigenvalue weighted by Gasteiger charge is -2.22. The Bertz CT molecular complexity index is 1100. The van der Waals surface area contributed by atoms with Gasteiger partial charge in [-0.25, -0.2) is 0 Å². The van der Waals surface area contributed by atoms with Crippen LogP contribution >= 0.6 is 0 Å². The lowest BCUT2D eigenvalue weighted by atomic mass is 10.0. The Morgan fingerprint density at radius 3 is 0.973 bits per heavy atom. The zero-order valence-electron chi connectivity index (χ0n) is 49.6. The lowest BCUT2D eigenvalue weighted by molar-refractivity contribution is -0.143. The van der Waals surface area contributed by atoms with Gasteiger partial charge in [-0.1, -0.05) is 328 Å². The van der Waals surface area contributed by atoms with Crippen LogP contribution in [0.4, 0.5) is 0 Å². The highest BCUT2D eigenvalue weighted by Gasteiger charge is 2.20. The smallest absolute Gasteiger partial charge is 0.305 e. The SMILES string of the molecule is CCCCCCCCC/C=C\CCCCCCCC(=O)OCCCCCCCCCCCCCCCCCCCCCCCC(=O)NC(CO)C(O)CCCCCCCCCCCCCCCCCCCCC. The number of hydrogen-bond acceptors (Lipinski definition) is 5. The minimum atomic E-state index is -0.665. The van der Waals surface area contributed by atoms with E-state index in [4.69, 9.17) is 4.74 Å². The molecule has 434 valence electrons. The molecule has 0 aromatic rings. The van der Waals surface area contributed by atoms with E-state index in [2.05, 4.69) is 31.3 Å². The van der Waals surface area contributed by atoms with Gasteiger partial charge in [-0.3, -0.25) is 9.59 Å². The van der Waals surface area contributed by atoms with Gasteiger partial charge in [-0.2, -0.15) is 0 Å². The van der Waals surface area contributed by atoms with Crippen molar-refractivity contribution in [3.05, 3.63) is 12.2 Å². The second kappa shape index (κ2) is 63.1. The fourth-order valence-electron chi connectivity index (χ4n) is 10.7. The van der Waals surface area contributed by atoms with E-state index >= 15 is 0 Å². The van der Waals surface area contributed by atoms with E-state index < -0.39 is 12.1 Å². The predicted octanol–water partition coefficient (Wildman–Crippen LogP) is 21.2. The number of aliphatic hydroxyl groups excluding tert-OH is 2. The molecule has 0 heterocycles. The maximum absolute atomic E-state index is 12.5. The molecule has 2 atom stereocenters. The van der Waals surface area contributed by atoms with Crippen molar-refractivity contribution in [1.82, 2.24) is 5.32 Å². The first-order valence-corrected chi connectivity index (χ1v) is 33.4. The van der Waals surface area contributed by atoms with Gasteiger partial charge < -0.3 is 20.3 Å². The summed E-state index contributed by atoms with van der Waals surface area (Å²) in [7, 11) is 0. The van der Waals surface area contributed by atoms with Crippen molar-refractivity contribution in [2.24, 2.45) is 0 Å². The molecule has 0 fully saturated rings. The van der Waals surface area contributed by atoms with Crippen molar-refractivity contribution in [3.63, 3.8) is 0 Å². The summed E-state index contributed by atoms with van der Waals surface area (Å²) >= 11 is 0. The summed E-state index contributed by atoms with van der Waals surface area (Å²) in [5.41, 5.74) is 0. The van der Waals surface area contributed by atoms with Crippen molar-refractivity contribution in [1.29, 1.82) is 0 Å². The fraction of sp³-hybridized carbons (Fsp3) is 0.940. The molecule has 0 radical (unpaired) electrons. The summed E-state index contributed by atoms with van der Waals surface area (Å²) < 4.78 is 5.49. The molecule has 6 heteroatoms. The summed E-state index contributed by atoms with van der Waals surface area (Å²) in [5.74, 6) is -0.0262. The molecule has 0 saturated heterocycles. The Balaban J connectivity index is 3.38. The van der Waals surface area contributed by atoms with Crippen molar-refractivity contribution >= 4 is 11.9 Å². The number of amides is 1. The quantitative estimate of drug-likeness (QED) is 0.0320. The molecular weight excluding hydrogens is 899 g/mol. The number of rotatable bonds is 63. The minimum absolute atomic E-state index is 0.00575. The van der Waals surface area contributed by atoms with Crippen molar-refractivity contribution in [2.45, 2.75) is 392 Å². The summed E-state index contributed by atoms with van der Waals surface area (Å²) in [4.78, 5) is 24.6. The number of aliphatic hydroxyl groups is 2. The van der Waals surface area contributed by atoms with Crippen LogP contribution in [0.2, 0.25) is 0 Å². The number of unbranched alkanes of at least 4 members (excludes halogenated alkanes) is 50. The molecule has 0 aliphatic rings. The van der Waals surface area contributed by atoms with Crippen LogP contribution in [0.15, 0.2) is 12.2 Å². The molecule has 0 bridgehead atoms. The fourth-order valence-corrected chi connectivity index (χ4v) is 10.7. The van der Waals surface area contributed by atoms with E-state index in [0.717, 1.165) is 44.9 Å². The average molecular weight is 1030 g/mol. The second-order valence-electron chi connectivity index (χ2n) is 23.2. The summed E-state index contributed by atoms with van der Waals surface area (Å²) in [6.07, 6.45) is 76.6. The Hall–Kier alpha value is -1.40. The number of allylic oxidation sites excluding steroid dienone is 2. The highest BCUT2D eigenvalue weighted by Crippen LogP contribution is 2.19. The van der Waals surface area contributed by atoms with Crippen LogP contribution in [-0.4, -0.2) is 47.4 Å². The van der Waals surface area contributed by atoms with E-state index in [1.165, 1.54) is 302 Å². The Morgan fingerprint density at radius 1 is 0.370 bits per heavy atom. The summed E-state index contributed by atoms with van der Waals surface area (Å²) in [6, 6.07) is -0.542. The van der Waals surface area contributed by atoms with E-state index in [1.54, 1.807) is 0 Å². The van der Waals surface area contributed by atoms with Crippen molar-refractivity contribution in [2.75, 3.05) is 13.2 Å². The first-order chi connectivity index (χ1) is 36.0. The van der Waals surface area contributed by atoms with Gasteiger partial charge in [-0.05, 0) is 51.4 Å². The van der Waals surface area contributed by atoms with Crippen LogP contribution < -0.4 is 5.32 Å². The summed E-state index contributed by atoms with van der Waals surface area (Å²) in [6.45, 7) is 4.98. The van der Waals surface area contributed by atoms with Gasteiger partial charge in [-0.15, -0.1) is 0 Å². The topological polar surface area (TPSA) is 95.9 Å². The number of carbonyl (C=O) groups excluding carboxylic acids is 2. The standard InChI is InChI=1S/C67H131NO5/c1-3-5-7-9-11-13-15-17-19-21-25-28-31-35-39-43-47-51-55-59-65(70)64(63-69)68-66(71)60-56-52-48-44-40-36-32-29-26-23-22-24-27-30-34-38-42-46-50-54-58-62-73-67(72)61-57-53-49-45-41-37-33-20-18-16-14-12-10-8-6-4-2/h20,33,64-65,69-70H,3-19,21-32,34-63H2,1-2H3,(H,68,71)/b33-20-. The summed E-state index contributed by atoms with van der Waals surface area (Å²) in [5, 5.41) is 23.4. The molecule has 0 aliphatic carbocycles. The lowest BCUT2D eigenvalue weighted by Crippen LogP contribution is -2.45. The first-order valence-electron chi connectivity index (χ1n) is 33.4. The van der Waals surface area contributed by atoms with Crippen LogP contribution in [0, 0.1) is 0 Å². The van der Waals surface area contributed by atoms with Gasteiger partial charge in [0.15, 0.2) is 0 Å². The molecule has 0 rings (SSSR count). The predicted molar refractivity (Wildman–Crippen MR) is 320 cm³/mol. The van der Waals surface area contributed by atoms with Crippen molar-refractivity contribution < 1.29 is 24.5 Å². The number of ether oxygens (including phenoxy) is 1. The zero-order valence-corrected chi connectivity index (χ0v) is 49.6. The molecule has 0 aromatic heterocycles. The third-order valence-corrected chi connectivity index (χ3v) is 15.8. The average Bonchev–Trinajstić information content (AvgIpc) is 3.39. The molecule has 0 aromatic carbocycles. The number of nitrogens with one attached hydrogen (secondary N) is 1. The van der Waals surface area contributed by atoms with Gasteiger partial charge in [0.1, 0.15) is 0 Å². The van der Waals surface area contributed by atoms with Crippen LogP contribution in [0.25, 0.3) is 0 Å². The van der Waals surface area contributed by atoms with Crippen LogP contribution in [0.1, 0.15) is 380 Å². The van der Waals surface area contributed by atoms with Gasteiger partial charge in [0.25, 0.3) is 0 Å². The number of esters is 1. The molecule has 2 unspecified atom stereocenters. The van der Waals surface area contributed by atoms with E-state index in [1.807, 2.05) is 0 Å². The molecular formula is C67H131NO5. The molecule has 0 aliphatic heterocycles. The third-order valence-electron chi connectivity index (χ3n) is 15.8. The highest BCUT2D eigenvalue weighted by atomic mass is 16.5. The monoisotopic (exact) mass is 1030 g/mol. The van der Waals surface area contributed by atoms with Crippen LogP contribution in [-0.2, 0) is 14.3 Å². The van der Waals surface area contributed by atoms with Gasteiger partial charge >= 0.3 is 5.97 Å². The van der Waals surface area contributed by atoms with Crippen LogP contribution in [0.5, 0.6) is 0 Å².